The third kappa shape index (κ3) is 3.93. The van der Waals surface area contributed by atoms with Crippen molar-refractivity contribution in [2.45, 2.75) is 31.6 Å². The zero-order valence-corrected chi connectivity index (χ0v) is 16.8. The predicted molar refractivity (Wildman–Crippen MR) is 107 cm³/mol. The summed E-state index contributed by atoms with van der Waals surface area (Å²) >= 11 is 0. The molecule has 1 aliphatic heterocycles. The lowest BCUT2D eigenvalue weighted by Crippen LogP contribution is -2.41. The van der Waals surface area contributed by atoms with E-state index in [1.54, 1.807) is 12.1 Å². The number of carbonyl (C=O) groups excluding carboxylic acids is 1. The van der Waals surface area contributed by atoms with Gasteiger partial charge in [0.15, 0.2) is 0 Å². The summed E-state index contributed by atoms with van der Waals surface area (Å²) in [5, 5.41) is 12.2. The van der Waals surface area contributed by atoms with E-state index < -0.39 is 10.0 Å². The summed E-state index contributed by atoms with van der Waals surface area (Å²) in [5.74, 6) is -0.319. The van der Waals surface area contributed by atoms with Gasteiger partial charge >= 0.3 is 0 Å². The lowest BCUT2D eigenvalue weighted by Gasteiger charge is -2.30. The molecule has 7 heteroatoms. The molecule has 0 saturated carbocycles. The molecular weight excluding hydrogens is 374 g/mol. The second kappa shape index (κ2) is 8.13. The fourth-order valence-corrected chi connectivity index (χ4v) is 5.01. The molecule has 0 unspecified atom stereocenters. The molecule has 0 bridgehead atoms. The molecule has 2 aromatic rings. The van der Waals surface area contributed by atoms with E-state index >= 15 is 0 Å². The van der Waals surface area contributed by atoms with Crippen LogP contribution in [0.4, 0.5) is 5.69 Å². The molecule has 1 heterocycles. The van der Waals surface area contributed by atoms with E-state index in [4.69, 9.17) is 0 Å². The fraction of sp³-hybridized carbons (Fsp3) is 0.333. The normalized spacial score (nSPS) is 15.8. The topological polar surface area (TPSA) is 90.3 Å². The molecule has 1 fully saturated rings. The first-order chi connectivity index (χ1) is 13.3. The van der Waals surface area contributed by atoms with E-state index in [2.05, 4.69) is 5.32 Å². The van der Waals surface area contributed by atoms with Gasteiger partial charge in [0.1, 0.15) is 6.07 Å². The fourth-order valence-electron chi connectivity index (χ4n) is 3.40. The highest BCUT2D eigenvalue weighted by Gasteiger charge is 2.33. The monoisotopic (exact) mass is 397 g/mol. The van der Waals surface area contributed by atoms with Gasteiger partial charge in [0.25, 0.3) is 0 Å². The average molecular weight is 398 g/mol. The number of aryl methyl sites for hydroxylation is 1. The summed E-state index contributed by atoms with van der Waals surface area (Å²) < 4.78 is 27.1. The Balaban J connectivity index is 1.68. The summed E-state index contributed by atoms with van der Waals surface area (Å²) in [4.78, 5) is 12.7. The summed E-state index contributed by atoms with van der Waals surface area (Å²) in [6, 6.07) is 13.9. The third-order valence-electron chi connectivity index (χ3n) is 5.31. The van der Waals surface area contributed by atoms with Crippen LogP contribution in [0.2, 0.25) is 0 Å². The quantitative estimate of drug-likeness (QED) is 0.858. The molecule has 1 saturated heterocycles. The molecule has 3 rings (SSSR count). The molecule has 0 aliphatic carbocycles. The van der Waals surface area contributed by atoms with Crippen molar-refractivity contribution in [1.29, 1.82) is 5.26 Å². The molecular formula is C21H23N3O3S. The number of benzene rings is 2. The summed E-state index contributed by atoms with van der Waals surface area (Å²) in [5.41, 5.74) is 3.07. The van der Waals surface area contributed by atoms with Crippen molar-refractivity contribution in [2.75, 3.05) is 18.4 Å². The summed E-state index contributed by atoms with van der Waals surface area (Å²) in [6.45, 7) is 4.47. The molecule has 1 aliphatic rings. The maximum atomic E-state index is 12.9. The zero-order chi connectivity index (χ0) is 20.3. The Kier molecular flexibility index (Phi) is 5.82. The van der Waals surface area contributed by atoms with Crippen molar-refractivity contribution in [3.63, 3.8) is 0 Å². The summed E-state index contributed by atoms with van der Waals surface area (Å²) in [6.07, 6.45) is 0.898. The highest BCUT2D eigenvalue weighted by atomic mass is 32.2. The van der Waals surface area contributed by atoms with Crippen LogP contribution in [0.5, 0.6) is 0 Å². The maximum absolute atomic E-state index is 12.9. The van der Waals surface area contributed by atoms with E-state index in [0.29, 0.717) is 12.8 Å². The molecule has 0 aromatic heterocycles. The van der Waals surface area contributed by atoms with Crippen LogP contribution in [0.25, 0.3) is 0 Å². The van der Waals surface area contributed by atoms with Gasteiger partial charge in [-0.3, -0.25) is 4.79 Å². The number of nitrogens with one attached hydrogen (secondary N) is 1. The van der Waals surface area contributed by atoms with Crippen LogP contribution >= 0.6 is 0 Å². The Hall–Kier alpha value is -2.69. The number of hydrogen-bond donors (Lipinski definition) is 1. The van der Waals surface area contributed by atoms with Gasteiger partial charge in [-0.2, -0.15) is 9.57 Å². The molecule has 0 spiro atoms. The van der Waals surface area contributed by atoms with Crippen molar-refractivity contribution < 1.29 is 13.2 Å². The van der Waals surface area contributed by atoms with Gasteiger partial charge in [0.2, 0.25) is 15.9 Å². The van der Waals surface area contributed by atoms with Gasteiger partial charge in [0.05, 0.1) is 10.5 Å². The Morgan fingerprint density at radius 3 is 2.46 bits per heavy atom. The van der Waals surface area contributed by atoms with Crippen molar-refractivity contribution >= 4 is 21.6 Å². The second-order valence-electron chi connectivity index (χ2n) is 7.02. The number of sulfonamides is 1. The van der Waals surface area contributed by atoms with E-state index in [-0.39, 0.29) is 35.4 Å². The smallest absolute Gasteiger partial charge is 0.244 e. The number of rotatable bonds is 4. The zero-order valence-electron chi connectivity index (χ0n) is 16.0. The van der Waals surface area contributed by atoms with Crippen LogP contribution < -0.4 is 5.32 Å². The van der Waals surface area contributed by atoms with Crippen LogP contribution in [0, 0.1) is 31.1 Å². The van der Waals surface area contributed by atoms with Crippen LogP contribution in [0.1, 0.15) is 29.5 Å². The molecule has 1 N–H and O–H groups in total. The van der Waals surface area contributed by atoms with Crippen molar-refractivity contribution in [1.82, 2.24) is 4.31 Å². The SMILES string of the molecule is Cc1cccc(NC(=O)C2CCN(S(=O)(=O)c3ccccc3C#N)CC2)c1C. The summed E-state index contributed by atoms with van der Waals surface area (Å²) in [7, 11) is -3.75. The minimum Gasteiger partial charge on any atom is -0.326 e. The lowest BCUT2D eigenvalue weighted by molar-refractivity contribution is -0.120. The van der Waals surface area contributed by atoms with Gasteiger partial charge in [-0.25, -0.2) is 8.42 Å². The van der Waals surface area contributed by atoms with Crippen LogP contribution in [0.3, 0.4) is 0 Å². The predicted octanol–water partition coefficient (Wildman–Crippen LogP) is 3.21. The Morgan fingerprint density at radius 2 is 1.79 bits per heavy atom. The minimum atomic E-state index is -3.75. The average Bonchev–Trinajstić information content (AvgIpc) is 2.71. The molecule has 2 aromatic carbocycles. The van der Waals surface area contributed by atoms with Gasteiger partial charge in [-0.1, -0.05) is 24.3 Å². The molecule has 1 amide bonds. The Morgan fingerprint density at radius 1 is 1.11 bits per heavy atom. The highest BCUT2D eigenvalue weighted by molar-refractivity contribution is 7.89. The standard InChI is InChI=1S/C21H23N3O3S/c1-15-6-5-8-19(16(15)2)23-21(25)17-10-12-24(13-11-17)28(26,27)20-9-4-3-7-18(20)14-22/h3-9,17H,10-13H2,1-2H3,(H,23,25). The first kappa shape index (κ1) is 20.1. The maximum Gasteiger partial charge on any atom is 0.244 e. The van der Waals surface area contributed by atoms with E-state index in [1.165, 1.54) is 16.4 Å². The van der Waals surface area contributed by atoms with Crippen molar-refractivity contribution in [3.05, 3.63) is 59.2 Å². The molecule has 28 heavy (non-hydrogen) atoms. The molecule has 0 atom stereocenters. The number of nitriles is 1. The van der Waals surface area contributed by atoms with E-state index in [9.17, 15) is 18.5 Å². The second-order valence-corrected chi connectivity index (χ2v) is 8.93. The van der Waals surface area contributed by atoms with Gasteiger partial charge in [-0.05, 0) is 56.0 Å². The molecule has 146 valence electrons. The Labute approximate surface area is 165 Å². The first-order valence-electron chi connectivity index (χ1n) is 9.21. The Bertz CT molecular complexity index is 1030. The molecule has 6 nitrogen and oxygen atoms in total. The number of amides is 1. The first-order valence-corrected chi connectivity index (χ1v) is 10.6. The van der Waals surface area contributed by atoms with Crippen LogP contribution in [0.15, 0.2) is 47.4 Å². The lowest BCUT2D eigenvalue weighted by atomic mass is 9.97. The number of nitrogens with zero attached hydrogens (tertiary/aromatic N) is 2. The van der Waals surface area contributed by atoms with E-state index in [0.717, 1.165) is 16.8 Å². The molecule has 0 radical (unpaired) electrons. The largest absolute Gasteiger partial charge is 0.326 e. The van der Waals surface area contributed by atoms with Gasteiger partial charge < -0.3 is 5.32 Å². The highest BCUT2D eigenvalue weighted by Crippen LogP contribution is 2.27. The van der Waals surface area contributed by atoms with Crippen molar-refractivity contribution in [3.8, 4) is 6.07 Å². The van der Waals surface area contributed by atoms with Gasteiger partial charge in [0, 0.05) is 24.7 Å². The van der Waals surface area contributed by atoms with Crippen LogP contribution in [-0.2, 0) is 14.8 Å². The van der Waals surface area contributed by atoms with E-state index in [1.807, 2.05) is 38.1 Å². The van der Waals surface area contributed by atoms with Gasteiger partial charge in [-0.15, -0.1) is 0 Å². The number of carbonyl (C=O) groups is 1. The van der Waals surface area contributed by atoms with Crippen molar-refractivity contribution in [2.24, 2.45) is 5.92 Å². The number of piperidine rings is 1. The number of hydrogen-bond acceptors (Lipinski definition) is 4. The van der Waals surface area contributed by atoms with Crippen LogP contribution in [-0.4, -0.2) is 31.7 Å². The minimum absolute atomic E-state index is 0.0239. The third-order valence-corrected chi connectivity index (χ3v) is 7.27. The number of anilines is 1.